The maximum Gasteiger partial charge on any atom is 0.111 e. The molecule has 4 aromatic rings. The van der Waals surface area contributed by atoms with Crippen LogP contribution in [0.5, 0.6) is 0 Å². The molecule has 1 aliphatic heterocycles. The van der Waals surface area contributed by atoms with E-state index in [1.54, 1.807) is 0 Å². The van der Waals surface area contributed by atoms with Gasteiger partial charge < -0.3 is 0 Å². The van der Waals surface area contributed by atoms with Crippen LogP contribution in [0.2, 0.25) is 0 Å². The van der Waals surface area contributed by atoms with Crippen LogP contribution in [-0.2, 0) is 13.0 Å². The maximum absolute atomic E-state index is 4.89. The molecule has 0 N–H and O–H groups in total. The summed E-state index contributed by atoms with van der Waals surface area (Å²) in [7, 11) is 0. The minimum Gasteiger partial charge on any atom is -0.268 e. The van der Waals surface area contributed by atoms with Crippen molar-refractivity contribution >= 4 is 10.9 Å². The molecule has 1 aliphatic rings. The van der Waals surface area contributed by atoms with Gasteiger partial charge in [0, 0.05) is 35.9 Å². The standard InChI is InChI=1S/C23H22N4/c1-2-16-9-11-25-21(14-16)22-15-23-19(7-5-13-27(23)26-22)17-10-12-24-20-8-4-3-6-18(17)20/h3-4,6,8-12,14-15,19H,2,5,7,13H2,1H3. The molecule has 0 aliphatic carbocycles. The van der Waals surface area contributed by atoms with Gasteiger partial charge in [-0.15, -0.1) is 0 Å². The molecule has 134 valence electrons. The maximum atomic E-state index is 4.89. The number of hydrogen-bond acceptors (Lipinski definition) is 3. The van der Waals surface area contributed by atoms with E-state index in [1.807, 2.05) is 12.4 Å². The van der Waals surface area contributed by atoms with Crippen molar-refractivity contribution in [1.29, 1.82) is 0 Å². The Morgan fingerprint density at radius 1 is 1.00 bits per heavy atom. The molecule has 1 aromatic carbocycles. The largest absolute Gasteiger partial charge is 0.268 e. The van der Waals surface area contributed by atoms with Gasteiger partial charge in [-0.05, 0) is 60.7 Å². The van der Waals surface area contributed by atoms with Crippen LogP contribution in [0.25, 0.3) is 22.3 Å². The molecule has 27 heavy (non-hydrogen) atoms. The predicted octanol–water partition coefficient (Wildman–Crippen LogP) is 4.98. The van der Waals surface area contributed by atoms with Gasteiger partial charge in [-0.2, -0.15) is 5.10 Å². The Bertz CT molecular complexity index is 1110. The van der Waals surface area contributed by atoms with E-state index in [4.69, 9.17) is 5.10 Å². The van der Waals surface area contributed by atoms with Crippen LogP contribution in [0.3, 0.4) is 0 Å². The third-order valence-electron chi connectivity index (χ3n) is 5.58. The summed E-state index contributed by atoms with van der Waals surface area (Å²) in [6.45, 7) is 3.14. The summed E-state index contributed by atoms with van der Waals surface area (Å²) in [5, 5.41) is 6.13. The normalized spacial score (nSPS) is 16.4. The van der Waals surface area contributed by atoms with Gasteiger partial charge in [0.2, 0.25) is 0 Å². The Morgan fingerprint density at radius 3 is 2.81 bits per heavy atom. The van der Waals surface area contributed by atoms with Crippen molar-refractivity contribution in [2.45, 2.75) is 38.6 Å². The van der Waals surface area contributed by atoms with Crippen LogP contribution in [0.15, 0.2) is 60.9 Å². The first-order valence-electron chi connectivity index (χ1n) is 9.70. The number of nitrogens with zero attached hydrogens (tertiary/aromatic N) is 4. The molecule has 0 bridgehead atoms. The third kappa shape index (κ3) is 2.81. The first-order chi connectivity index (χ1) is 13.3. The molecule has 0 spiro atoms. The zero-order chi connectivity index (χ0) is 18.2. The first-order valence-corrected chi connectivity index (χ1v) is 9.70. The van der Waals surface area contributed by atoms with Crippen LogP contribution in [-0.4, -0.2) is 19.7 Å². The third-order valence-corrected chi connectivity index (χ3v) is 5.58. The van der Waals surface area contributed by atoms with Crippen molar-refractivity contribution < 1.29 is 0 Å². The van der Waals surface area contributed by atoms with E-state index < -0.39 is 0 Å². The summed E-state index contributed by atoms with van der Waals surface area (Å²) in [5.41, 5.74) is 6.94. The Balaban J connectivity index is 1.62. The molecule has 1 atom stereocenters. The molecular weight excluding hydrogens is 332 g/mol. The Kier molecular flexibility index (Phi) is 3.97. The second kappa shape index (κ2) is 6.62. The minimum atomic E-state index is 0.349. The monoisotopic (exact) mass is 354 g/mol. The Hall–Kier alpha value is -3.01. The van der Waals surface area contributed by atoms with Crippen molar-refractivity contribution in [2.75, 3.05) is 0 Å². The molecule has 4 nitrogen and oxygen atoms in total. The van der Waals surface area contributed by atoms with Gasteiger partial charge in [0.15, 0.2) is 0 Å². The Morgan fingerprint density at radius 2 is 1.89 bits per heavy atom. The second-order valence-electron chi connectivity index (χ2n) is 7.19. The second-order valence-corrected chi connectivity index (χ2v) is 7.19. The van der Waals surface area contributed by atoms with Gasteiger partial charge in [-0.1, -0.05) is 25.1 Å². The van der Waals surface area contributed by atoms with Gasteiger partial charge in [0.25, 0.3) is 0 Å². The van der Waals surface area contributed by atoms with E-state index >= 15 is 0 Å². The molecule has 5 rings (SSSR count). The van der Waals surface area contributed by atoms with E-state index in [0.717, 1.165) is 42.7 Å². The van der Waals surface area contributed by atoms with E-state index in [1.165, 1.54) is 22.2 Å². The van der Waals surface area contributed by atoms with Crippen molar-refractivity contribution in [3.63, 3.8) is 0 Å². The summed E-state index contributed by atoms with van der Waals surface area (Å²) < 4.78 is 2.18. The van der Waals surface area contributed by atoms with Gasteiger partial charge >= 0.3 is 0 Å². The number of pyridine rings is 2. The highest BCUT2D eigenvalue weighted by atomic mass is 15.3. The summed E-state index contributed by atoms with van der Waals surface area (Å²) in [6, 6.07) is 17.1. The molecule has 0 saturated heterocycles. The fourth-order valence-corrected chi connectivity index (χ4v) is 4.18. The summed E-state index contributed by atoms with van der Waals surface area (Å²) >= 11 is 0. The first kappa shape index (κ1) is 16.2. The topological polar surface area (TPSA) is 43.6 Å². The lowest BCUT2D eigenvalue weighted by atomic mass is 9.87. The van der Waals surface area contributed by atoms with Crippen LogP contribution < -0.4 is 0 Å². The number of hydrogen-bond donors (Lipinski definition) is 0. The lowest BCUT2D eigenvalue weighted by molar-refractivity contribution is 0.455. The highest BCUT2D eigenvalue weighted by Gasteiger charge is 2.26. The SMILES string of the molecule is CCc1ccnc(-c2cc3n(n2)CCCC3c2ccnc3ccccc23)c1. The smallest absolute Gasteiger partial charge is 0.111 e. The fraction of sp³-hybridized carbons (Fsp3) is 0.261. The summed E-state index contributed by atoms with van der Waals surface area (Å²) in [5.74, 6) is 0.349. The summed E-state index contributed by atoms with van der Waals surface area (Å²) in [6.07, 6.45) is 7.11. The average molecular weight is 354 g/mol. The fourth-order valence-electron chi connectivity index (χ4n) is 4.18. The molecular formula is C23H22N4. The predicted molar refractivity (Wildman–Crippen MR) is 108 cm³/mol. The lowest BCUT2D eigenvalue weighted by Gasteiger charge is -2.24. The van der Waals surface area contributed by atoms with Gasteiger partial charge in [-0.3, -0.25) is 14.6 Å². The molecule has 4 heterocycles. The quantitative estimate of drug-likeness (QED) is 0.521. The number of fused-ring (bicyclic) bond motifs is 2. The van der Waals surface area contributed by atoms with Crippen LogP contribution in [0.1, 0.15) is 42.5 Å². The van der Waals surface area contributed by atoms with Crippen LogP contribution in [0, 0.1) is 0 Å². The van der Waals surface area contributed by atoms with Crippen molar-refractivity contribution in [2.24, 2.45) is 0 Å². The molecule has 0 amide bonds. The number of benzene rings is 1. The average Bonchev–Trinajstić information content (AvgIpc) is 3.18. The number of rotatable bonds is 3. The molecule has 3 aromatic heterocycles. The highest BCUT2D eigenvalue weighted by molar-refractivity contribution is 5.83. The number of aromatic nitrogens is 4. The van der Waals surface area contributed by atoms with Crippen molar-refractivity contribution in [3.8, 4) is 11.4 Å². The van der Waals surface area contributed by atoms with Crippen molar-refractivity contribution in [1.82, 2.24) is 19.7 Å². The highest BCUT2D eigenvalue weighted by Crippen LogP contribution is 2.37. The minimum absolute atomic E-state index is 0.349. The van der Waals surface area contributed by atoms with Crippen LogP contribution >= 0.6 is 0 Å². The van der Waals surface area contributed by atoms with Gasteiger partial charge in [0.05, 0.1) is 11.2 Å². The lowest BCUT2D eigenvalue weighted by Crippen LogP contribution is -2.17. The zero-order valence-corrected chi connectivity index (χ0v) is 15.5. The molecule has 0 fully saturated rings. The van der Waals surface area contributed by atoms with E-state index in [-0.39, 0.29) is 0 Å². The van der Waals surface area contributed by atoms with Crippen molar-refractivity contribution in [3.05, 3.63) is 77.7 Å². The number of aryl methyl sites for hydroxylation is 2. The van der Waals surface area contributed by atoms with E-state index in [2.05, 4.69) is 70.1 Å². The zero-order valence-electron chi connectivity index (χ0n) is 15.5. The molecule has 0 saturated carbocycles. The summed E-state index contributed by atoms with van der Waals surface area (Å²) in [4.78, 5) is 9.10. The van der Waals surface area contributed by atoms with Gasteiger partial charge in [0.1, 0.15) is 5.69 Å². The Labute approximate surface area is 158 Å². The number of para-hydroxylation sites is 1. The van der Waals surface area contributed by atoms with Gasteiger partial charge in [-0.25, -0.2) is 0 Å². The van der Waals surface area contributed by atoms with Crippen LogP contribution in [0.4, 0.5) is 0 Å². The van der Waals surface area contributed by atoms with E-state index in [9.17, 15) is 0 Å². The molecule has 4 heteroatoms. The van der Waals surface area contributed by atoms with E-state index in [0.29, 0.717) is 5.92 Å². The molecule has 0 radical (unpaired) electrons. The molecule has 1 unspecified atom stereocenters.